The second-order valence-electron chi connectivity index (χ2n) is 2.25. The van der Waals surface area contributed by atoms with E-state index in [9.17, 15) is 14.4 Å². The molecule has 13 heavy (non-hydrogen) atoms. The van der Waals surface area contributed by atoms with Crippen molar-refractivity contribution in [3.05, 3.63) is 38.0 Å². The monoisotopic (exact) mass is 176 g/mol. The van der Waals surface area contributed by atoms with Crippen molar-refractivity contribution in [2.45, 2.75) is 0 Å². The molecule has 0 N–H and O–H groups in total. The van der Waals surface area contributed by atoms with Gasteiger partial charge in [-0.05, 0) is 18.2 Å². The summed E-state index contributed by atoms with van der Waals surface area (Å²) in [6.07, 6.45) is 2.81. The minimum atomic E-state index is -1.34. The Morgan fingerprint density at radius 3 is 1.15 bits per heavy atom. The molecule has 0 amide bonds. The fraction of sp³-hybridized carbons (Fsp3) is 0. The molecule has 0 unspecified atom stereocenters. The molecule has 0 heterocycles. The summed E-state index contributed by atoms with van der Waals surface area (Å²) >= 11 is 0. The zero-order chi connectivity index (χ0) is 10.4. The summed E-state index contributed by atoms with van der Waals surface area (Å²) in [7, 11) is 0. The van der Waals surface area contributed by atoms with Crippen molar-refractivity contribution < 1.29 is 14.4 Å². The van der Waals surface area contributed by atoms with E-state index in [0.29, 0.717) is 0 Å². The average Bonchev–Trinajstić information content (AvgIpc) is 2.16. The van der Waals surface area contributed by atoms with Gasteiger partial charge in [-0.2, -0.15) is 0 Å². The molecular weight excluding hydrogens is 167 g/mol. The van der Waals surface area contributed by atoms with Crippen molar-refractivity contribution >= 4 is 23.8 Å². The van der Waals surface area contributed by atoms with E-state index in [2.05, 4.69) is 19.7 Å². The zero-order valence-corrected chi connectivity index (χ0v) is 7.16. The summed E-state index contributed by atoms with van der Waals surface area (Å²) in [5.74, 6) is 0. The summed E-state index contributed by atoms with van der Waals surface area (Å²) in [6.45, 7) is 8.24. The summed E-state index contributed by atoms with van der Waals surface area (Å²) < 4.78 is 0. The van der Waals surface area contributed by atoms with Gasteiger partial charge >= 0.3 is 6.71 Å². The molecule has 0 atom stereocenters. The Balaban J connectivity index is 4.95. The maximum Gasteiger partial charge on any atom is 0.392 e. The smallest absolute Gasteiger partial charge is 0.305 e. The van der Waals surface area contributed by atoms with E-state index >= 15 is 0 Å². The maximum atomic E-state index is 11.1. The Labute approximate surface area is 76.9 Å². The van der Waals surface area contributed by atoms with Gasteiger partial charge in [0.05, 0.1) is 0 Å². The normalized spacial score (nSPS) is 8.31. The Morgan fingerprint density at radius 1 is 0.769 bits per heavy atom. The van der Waals surface area contributed by atoms with Crippen molar-refractivity contribution in [3.63, 3.8) is 0 Å². The second-order valence-corrected chi connectivity index (χ2v) is 2.25. The first kappa shape index (κ1) is 11.3. The molecule has 0 aromatic heterocycles. The van der Waals surface area contributed by atoms with Crippen LogP contribution >= 0.6 is 0 Å². The summed E-state index contributed by atoms with van der Waals surface area (Å²) in [5, 5.41) is 0. The number of allylic oxidation sites excluding steroid dienone is 3. The highest BCUT2D eigenvalue weighted by atomic mass is 16.2. The highest BCUT2D eigenvalue weighted by Gasteiger charge is 2.34. The van der Waals surface area contributed by atoms with Gasteiger partial charge in [0.15, 0.2) is 0 Å². The molecule has 0 saturated heterocycles. The lowest BCUT2D eigenvalue weighted by Gasteiger charge is -2.00. The van der Waals surface area contributed by atoms with Crippen LogP contribution in [0, 0.1) is 0 Å². The Hall–Kier alpha value is -1.71. The Kier molecular flexibility index (Phi) is 4.37. The van der Waals surface area contributed by atoms with E-state index in [4.69, 9.17) is 0 Å². The molecule has 0 rings (SSSR count). The highest BCUT2D eigenvalue weighted by molar-refractivity contribution is 7.30. The van der Waals surface area contributed by atoms with Crippen LogP contribution in [-0.2, 0) is 14.4 Å². The van der Waals surface area contributed by atoms with Gasteiger partial charge in [-0.3, -0.25) is 0 Å². The predicted molar refractivity (Wildman–Crippen MR) is 51.4 cm³/mol. The largest absolute Gasteiger partial charge is 0.392 e. The summed E-state index contributed by atoms with van der Waals surface area (Å²) in [5.41, 5.74) is -1.89. The van der Waals surface area contributed by atoms with Gasteiger partial charge < -0.3 is 14.4 Å². The molecule has 3 nitrogen and oxygen atoms in total. The van der Waals surface area contributed by atoms with Crippen LogP contribution in [0.2, 0.25) is 0 Å². The maximum absolute atomic E-state index is 11.1. The minimum Gasteiger partial charge on any atom is -0.305 e. The fourth-order valence-electron chi connectivity index (χ4n) is 0.774. The molecule has 0 fully saturated rings. The molecule has 66 valence electrons. The van der Waals surface area contributed by atoms with Crippen LogP contribution in [0.3, 0.4) is 0 Å². The quantitative estimate of drug-likeness (QED) is 0.433. The molecule has 0 aliphatic rings. The Morgan fingerprint density at radius 2 is 1.00 bits per heavy atom. The molecule has 0 aromatic carbocycles. The lowest BCUT2D eigenvalue weighted by atomic mass is 9.40. The molecule has 0 radical (unpaired) electrons. The predicted octanol–water partition coefficient (Wildman–Crippen LogP) is 0.364. The van der Waals surface area contributed by atoms with Crippen molar-refractivity contribution in [3.8, 4) is 0 Å². The second kappa shape index (κ2) is 5.03. The van der Waals surface area contributed by atoms with E-state index in [0.717, 1.165) is 18.2 Å². The van der Waals surface area contributed by atoms with Crippen LogP contribution in [0.4, 0.5) is 0 Å². The van der Waals surface area contributed by atoms with Gasteiger partial charge in [0.25, 0.3) is 0 Å². The minimum absolute atomic E-state index is 0.630. The summed E-state index contributed by atoms with van der Waals surface area (Å²) in [4.78, 5) is 33.2. The summed E-state index contributed by atoms with van der Waals surface area (Å²) in [6, 6.07) is 0. The molecule has 0 aliphatic heterocycles. The highest BCUT2D eigenvalue weighted by Crippen LogP contribution is 1.94. The molecular formula is C9H9BO3. The molecule has 0 saturated carbocycles. The van der Waals surface area contributed by atoms with Crippen molar-refractivity contribution in [1.29, 1.82) is 0 Å². The van der Waals surface area contributed by atoms with Crippen molar-refractivity contribution in [2.24, 2.45) is 0 Å². The van der Waals surface area contributed by atoms with E-state index in [1.165, 1.54) is 0 Å². The van der Waals surface area contributed by atoms with E-state index < -0.39 is 23.8 Å². The van der Waals surface area contributed by atoms with Gasteiger partial charge in [-0.1, -0.05) is 19.7 Å². The standard InChI is InChI=1S/C9H9BO3/c1-4-7(11)10(8(12)5-2)9(13)6-3/h4-6H,1-3H2. The first-order valence-corrected chi connectivity index (χ1v) is 3.57. The number of rotatable bonds is 6. The van der Waals surface area contributed by atoms with Gasteiger partial charge in [0.1, 0.15) is 17.0 Å². The zero-order valence-electron chi connectivity index (χ0n) is 7.16. The molecule has 0 aliphatic carbocycles. The van der Waals surface area contributed by atoms with E-state index in [1.807, 2.05) is 0 Å². The van der Waals surface area contributed by atoms with Crippen molar-refractivity contribution in [2.75, 3.05) is 0 Å². The first-order valence-electron chi connectivity index (χ1n) is 3.57. The Bertz CT molecular complexity index is 244. The van der Waals surface area contributed by atoms with Crippen LogP contribution < -0.4 is 0 Å². The topological polar surface area (TPSA) is 51.2 Å². The SMILES string of the molecule is C=CC(=O)B(C(=O)C=C)C(=O)C=C. The van der Waals surface area contributed by atoms with Crippen LogP contribution in [0.25, 0.3) is 0 Å². The van der Waals surface area contributed by atoms with Gasteiger partial charge in [0.2, 0.25) is 0 Å². The number of carbonyl (C=O) groups excluding carboxylic acids is 3. The third kappa shape index (κ3) is 2.67. The van der Waals surface area contributed by atoms with Gasteiger partial charge in [-0.25, -0.2) is 0 Å². The van der Waals surface area contributed by atoms with Crippen molar-refractivity contribution in [1.82, 2.24) is 0 Å². The third-order valence-electron chi connectivity index (χ3n) is 1.46. The fourth-order valence-corrected chi connectivity index (χ4v) is 0.774. The molecule has 0 bridgehead atoms. The van der Waals surface area contributed by atoms with Crippen LogP contribution in [0.15, 0.2) is 38.0 Å². The number of hydrogen-bond donors (Lipinski definition) is 0. The number of hydrogen-bond acceptors (Lipinski definition) is 3. The van der Waals surface area contributed by atoms with Crippen LogP contribution in [0.1, 0.15) is 0 Å². The van der Waals surface area contributed by atoms with Crippen LogP contribution in [0.5, 0.6) is 0 Å². The number of carbonyl (C=O) groups is 3. The first-order chi connectivity index (χ1) is 6.08. The molecule has 0 spiro atoms. The lowest BCUT2D eigenvalue weighted by molar-refractivity contribution is -0.114. The van der Waals surface area contributed by atoms with Crippen LogP contribution in [-0.4, -0.2) is 23.8 Å². The average molecular weight is 176 g/mol. The lowest BCUT2D eigenvalue weighted by Crippen LogP contribution is -2.40. The third-order valence-corrected chi connectivity index (χ3v) is 1.46. The molecule has 0 aromatic rings. The van der Waals surface area contributed by atoms with Gasteiger partial charge in [0, 0.05) is 0 Å². The van der Waals surface area contributed by atoms with E-state index in [-0.39, 0.29) is 0 Å². The van der Waals surface area contributed by atoms with E-state index in [1.54, 1.807) is 0 Å². The van der Waals surface area contributed by atoms with Gasteiger partial charge in [-0.15, -0.1) is 0 Å². The molecule has 4 heteroatoms.